The molecule has 0 unspecified atom stereocenters. The van der Waals surface area contributed by atoms with Crippen molar-refractivity contribution in [2.45, 2.75) is 38.6 Å². The smallest absolute Gasteiger partial charge is 0.430 e. The molecule has 2 rings (SSSR count). The molecule has 32 heavy (non-hydrogen) atoms. The van der Waals surface area contributed by atoms with Crippen LogP contribution in [0, 0.1) is 0 Å². The molecule has 1 heterocycles. The van der Waals surface area contributed by atoms with Crippen molar-refractivity contribution < 1.29 is 28.8 Å². The summed E-state index contributed by atoms with van der Waals surface area (Å²) in [5.41, 5.74) is 8.18. The van der Waals surface area contributed by atoms with Crippen LogP contribution in [0.2, 0.25) is 0 Å². The summed E-state index contributed by atoms with van der Waals surface area (Å²) in [5.74, 6) is -0.594. The summed E-state index contributed by atoms with van der Waals surface area (Å²) in [7, 11) is 0. The third-order valence-corrected chi connectivity index (χ3v) is 4.50. The molecule has 1 aliphatic heterocycles. The fraction of sp³-hybridized carbons (Fsp3) is 0.450. The van der Waals surface area contributed by atoms with Crippen LogP contribution in [0.4, 0.5) is 15.3 Å². The van der Waals surface area contributed by atoms with E-state index in [4.69, 9.17) is 10.5 Å². The van der Waals surface area contributed by atoms with Crippen molar-refractivity contribution in [2.75, 3.05) is 24.6 Å². The lowest BCUT2D eigenvalue weighted by Crippen LogP contribution is -2.46. The molecular formula is C20H28N6O6. The second-order valence-corrected chi connectivity index (χ2v) is 6.92. The number of esters is 1. The van der Waals surface area contributed by atoms with Crippen LogP contribution in [0.5, 0.6) is 0 Å². The summed E-state index contributed by atoms with van der Waals surface area (Å²) < 4.78 is 5.02. The van der Waals surface area contributed by atoms with E-state index in [9.17, 15) is 19.2 Å². The Morgan fingerprint density at radius 1 is 1.28 bits per heavy atom. The summed E-state index contributed by atoms with van der Waals surface area (Å²) in [5, 5.41) is 8.86. The number of hydrazone groups is 1. The second kappa shape index (κ2) is 12.8. The van der Waals surface area contributed by atoms with Gasteiger partial charge in [-0.25, -0.2) is 9.59 Å². The van der Waals surface area contributed by atoms with Gasteiger partial charge in [-0.05, 0) is 30.5 Å². The Morgan fingerprint density at radius 3 is 2.72 bits per heavy atom. The maximum atomic E-state index is 12.6. The largest absolute Gasteiger partial charge is 0.466 e. The minimum atomic E-state index is -1.01. The number of rotatable bonds is 11. The van der Waals surface area contributed by atoms with Crippen molar-refractivity contribution in [3.05, 3.63) is 29.8 Å². The topological polar surface area (TPSA) is 164 Å². The average molecular weight is 448 g/mol. The molecule has 5 N–H and O–H groups in total. The zero-order chi connectivity index (χ0) is 23.3. The summed E-state index contributed by atoms with van der Waals surface area (Å²) in [4.78, 5) is 52.5. The van der Waals surface area contributed by atoms with E-state index in [0.29, 0.717) is 30.8 Å². The average Bonchev–Trinajstić information content (AvgIpc) is 3.12. The minimum Gasteiger partial charge on any atom is -0.466 e. The van der Waals surface area contributed by atoms with Crippen LogP contribution in [0.25, 0.3) is 0 Å². The van der Waals surface area contributed by atoms with E-state index in [1.54, 1.807) is 29.2 Å². The number of hydrogen-bond donors (Lipinski definition) is 4. The molecule has 0 radical (unpaired) electrons. The number of hydrogen-bond acceptors (Lipinski definition) is 8. The molecule has 4 amide bonds. The molecule has 174 valence electrons. The SMILES string of the molecule is CCCCOC(=O)CCNC(=O)N[C@H]1CCN(c2ccc(C=NNOC(N)=O)cc2)C1=O. The molecule has 1 aromatic rings. The van der Waals surface area contributed by atoms with Crippen LogP contribution in [-0.4, -0.2) is 56.0 Å². The van der Waals surface area contributed by atoms with Gasteiger partial charge in [0, 0.05) is 18.8 Å². The van der Waals surface area contributed by atoms with Gasteiger partial charge in [0.25, 0.3) is 0 Å². The number of primary amides is 1. The van der Waals surface area contributed by atoms with E-state index in [2.05, 4.69) is 20.6 Å². The highest BCUT2D eigenvalue weighted by atomic mass is 16.7. The van der Waals surface area contributed by atoms with E-state index >= 15 is 0 Å². The number of nitrogens with zero attached hydrogens (tertiary/aromatic N) is 2. The summed E-state index contributed by atoms with van der Waals surface area (Å²) >= 11 is 0. The molecule has 0 spiro atoms. The van der Waals surface area contributed by atoms with Gasteiger partial charge >= 0.3 is 18.1 Å². The first kappa shape index (κ1) is 24.4. The van der Waals surface area contributed by atoms with Crippen molar-refractivity contribution in [3.63, 3.8) is 0 Å². The van der Waals surface area contributed by atoms with E-state index in [1.165, 1.54) is 6.21 Å². The fourth-order valence-corrected chi connectivity index (χ4v) is 2.87. The Balaban J connectivity index is 1.75. The van der Waals surface area contributed by atoms with Gasteiger partial charge < -0.3 is 30.8 Å². The van der Waals surface area contributed by atoms with Gasteiger partial charge in [0.05, 0.1) is 19.2 Å². The molecule has 0 saturated carbocycles. The first-order chi connectivity index (χ1) is 15.4. The van der Waals surface area contributed by atoms with Crippen LogP contribution in [-0.2, 0) is 19.2 Å². The number of anilines is 1. The third-order valence-electron chi connectivity index (χ3n) is 4.50. The number of amides is 4. The van der Waals surface area contributed by atoms with Gasteiger partial charge in [0.15, 0.2) is 0 Å². The number of unbranched alkanes of at least 4 members (excludes halogenated alkanes) is 1. The van der Waals surface area contributed by atoms with Gasteiger partial charge in [0.1, 0.15) is 6.04 Å². The number of nitrogens with one attached hydrogen (secondary N) is 3. The molecule has 1 aliphatic rings. The van der Waals surface area contributed by atoms with Crippen LogP contribution in [0.15, 0.2) is 29.4 Å². The Labute approximate surface area is 185 Å². The minimum absolute atomic E-state index is 0.0711. The van der Waals surface area contributed by atoms with E-state index in [1.807, 2.05) is 12.5 Å². The fourth-order valence-electron chi connectivity index (χ4n) is 2.87. The molecule has 0 aliphatic carbocycles. The van der Waals surface area contributed by atoms with Crippen molar-refractivity contribution in [1.82, 2.24) is 16.2 Å². The van der Waals surface area contributed by atoms with Crippen LogP contribution in [0.3, 0.4) is 0 Å². The van der Waals surface area contributed by atoms with E-state index < -0.39 is 18.2 Å². The third kappa shape index (κ3) is 8.13. The van der Waals surface area contributed by atoms with Crippen molar-refractivity contribution in [2.24, 2.45) is 10.8 Å². The summed E-state index contributed by atoms with van der Waals surface area (Å²) in [6.07, 6.45) is 2.67. The number of ether oxygens (including phenoxy) is 1. The lowest BCUT2D eigenvalue weighted by molar-refractivity contribution is -0.143. The van der Waals surface area contributed by atoms with Gasteiger partial charge in [0.2, 0.25) is 5.91 Å². The standard InChI is InChI=1S/C20H28N6O6/c1-2-3-12-31-17(27)8-10-22-20(30)24-16-9-11-26(18(16)28)15-6-4-14(5-7-15)13-23-25-32-19(21)29/h4-7,13,16,25H,2-3,8-12H2,1H3,(H2,21,29)(H2,22,24,30)/t16-/m0/s1. The van der Waals surface area contributed by atoms with E-state index in [-0.39, 0.29) is 24.8 Å². The maximum absolute atomic E-state index is 12.6. The summed E-state index contributed by atoms with van der Waals surface area (Å²) in [6, 6.07) is 5.77. The molecule has 12 heteroatoms. The van der Waals surface area contributed by atoms with Crippen LogP contribution >= 0.6 is 0 Å². The molecule has 1 fully saturated rings. The zero-order valence-electron chi connectivity index (χ0n) is 17.8. The second-order valence-electron chi connectivity index (χ2n) is 6.92. The Hall–Kier alpha value is -3.83. The predicted octanol–water partition coefficient (Wildman–Crippen LogP) is 0.758. The first-order valence-corrected chi connectivity index (χ1v) is 10.3. The van der Waals surface area contributed by atoms with Gasteiger partial charge in [-0.2, -0.15) is 5.10 Å². The van der Waals surface area contributed by atoms with Crippen LogP contribution < -0.4 is 26.9 Å². The Bertz CT molecular complexity index is 828. The van der Waals surface area contributed by atoms with Crippen LogP contribution in [0.1, 0.15) is 38.2 Å². The lowest BCUT2D eigenvalue weighted by atomic mass is 10.2. The normalized spacial score (nSPS) is 15.5. The quantitative estimate of drug-likeness (QED) is 0.168. The van der Waals surface area contributed by atoms with E-state index in [0.717, 1.165) is 12.8 Å². The first-order valence-electron chi connectivity index (χ1n) is 10.3. The number of carbonyl (C=O) groups is 4. The summed E-state index contributed by atoms with van der Waals surface area (Å²) in [6.45, 7) is 2.96. The Kier molecular flexibility index (Phi) is 9.75. The monoisotopic (exact) mass is 448 g/mol. The number of carbonyl (C=O) groups excluding carboxylic acids is 4. The molecular weight excluding hydrogens is 420 g/mol. The predicted molar refractivity (Wildman–Crippen MR) is 116 cm³/mol. The lowest BCUT2D eigenvalue weighted by Gasteiger charge is -2.17. The van der Waals surface area contributed by atoms with Crippen molar-refractivity contribution in [3.8, 4) is 0 Å². The van der Waals surface area contributed by atoms with Gasteiger partial charge in [-0.15, -0.1) is 5.59 Å². The zero-order valence-corrected chi connectivity index (χ0v) is 17.8. The highest BCUT2D eigenvalue weighted by Crippen LogP contribution is 2.21. The van der Waals surface area contributed by atoms with Gasteiger partial charge in [-0.1, -0.05) is 25.5 Å². The maximum Gasteiger partial charge on any atom is 0.430 e. The molecule has 1 saturated heterocycles. The number of nitrogens with two attached hydrogens (primary N) is 1. The van der Waals surface area contributed by atoms with Gasteiger partial charge in [-0.3, -0.25) is 9.59 Å². The molecule has 0 bridgehead atoms. The molecule has 0 aromatic heterocycles. The highest BCUT2D eigenvalue weighted by Gasteiger charge is 2.33. The number of benzene rings is 1. The highest BCUT2D eigenvalue weighted by molar-refractivity contribution is 6.01. The Morgan fingerprint density at radius 2 is 2.03 bits per heavy atom. The molecule has 1 atom stereocenters. The molecule has 12 nitrogen and oxygen atoms in total. The van der Waals surface area contributed by atoms with Crippen molar-refractivity contribution >= 4 is 35.9 Å². The molecule has 1 aromatic carbocycles. The van der Waals surface area contributed by atoms with Crippen molar-refractivity contribution in [1.29, 1.82) is 0 Å². The number of urea groups is 1.